The second-order valence-electron chi connectivity index (χ2n) is 6.56. The average molecular weight is 323 g/mol. The Kier molecular flexibility index (Phi) is 7.41. The number of rotatable bonds is 0. The van der Waals surface area contributed by atoms with Crippen LogP contribution in [0.4, 0.5) is 0 Å². The normalized spacial score (nSPS) is 45.3. The maximum Gasteiger partial charge on any atom is 0 e. The zero-order chi connectivity index (χ0) is 12.4. The Bertz CT molecular complexity index is 194. The third-order valence-corrected chi connectivity index (χ3v) is 5.75. The smallest absolute Gasteiger partial charge is 0 e. The van der Waals surface area contributed by atoms with E-state index in [1.165, 1.54) is 19.3 Å². The van der Waals surface area contributed by atoms with Gasteiger partial charge in [-0.25, -0.2) is 0 Å². The zero-order valence-corrected chi connectivity index (χ0v) is 15.4. The van der Waals surface area contributed by atoms with Crippen molar-refractivity contribution in [2.45, 2.75) is 59.3 Å². The molecule has 0 bridgehead atoms. The molecule has 0 aromatic rings. The van der Waals surface area contributed by atoms with Crippen molar-refractivity contribution in [3.05, 3.63) is 13.3 Å². The summed E-state index contributed by atoms with van der Waals surface area (Å²) in [6, 6.07) is 0. The molecule has 3 saturated carbocycles. The predicted molar refractivity (Wildman–Crippen MR) is 75.3 cm³/mol. The summed E-state index contributed by atoms with van der Waals surface area (Å²) in [5, 5.41) is 0. The molecule has 3 aliphatic rings. The topological polar surface area (TPSA) is 0 Å². The van der Waals surface area contributed by atoms with Gasteiger partial charge in [-0.3, -0.25) is 0 Å². The molecule has 1 radical (unpaired) electrons. The summed E-state index contributed by atoms with van der Waals surface area (Å²) in [7, 11) is 0. The molecule has 0 aromatic carbocycles. The van der Waals surface area contributed by atoms with E-state index in [4.69, 9.17) is 0 Å². The molecule has 0 aliphatic heterocycles. The number of fused-ring (bicyclic) bond motifs is 2. The molecule has 3 aliphatic carbocycles. The molecule has 0 heterocycles. The molecule has 6 atom stereocenters. The van der Waals surface area contributed by atoms with Gasteiger partial charge in [0.25, 0.3) is 0 Å². The van der Waals surface area contributed by atoms with Crippen molar-refractivity contribution in [1.29, 1.82) is 0 Å². The second kappa shape index (κ2) is 7.77. The van der Waals surface area contributed by atoms with Gasteiger partial charge in [-0.05, 0) is 36.5 Å². The van der Waals surface area contributed by atoms with E-state index in [1.807, 2.05) is 6.92 Å². The molecule has 0 nitrogen and oxygen atoms in total. The summed E-state index contributed by atoms with van der Waals surface area (Å²) in [6.07, 6.45) is 11.0. The molecule has 0 N–H and O–H groups in total. The summed E-state index contributed by atoms with van der Waals surface area (Å²) in [4.78, 5) is 0. The Hall–Kier alpha value is 1.10. The van der Waals surface area contributed by atoms with Gasteiger partial charge in [0.15, 0.2) is 0 Å². The Morgan fingerprint density at radius 3 is 1.72 bits per heavy atom. The quantitative estimate of drug-likeness (QED) is 0.541. The fourth-order valence-electron chi connectivity index (χ4n) is 5.00. The number of hydrogen-bond donors (Lipinski definition) is 0. The molecule has 6 unspecified atom stereocenters. The monoisotopic (exact) mass is 323 g/mol. The van der Waals surface area contributed by atoms with E-state index < -0.39 is 0 Å². The Morgan fingerprint density at radius 2 is 1.33 bits per heavy atom. The largest absolute Gasteiger partial charge is 0.344 e. The minimum atomic E-state index is 0. The van der Waals surface area contributed by atoms with Gasteiger partial charge >= 0.3 is 0 Å². The predicted octanol–water partition coefficient (Wildman–Crippen LogP) is 5.15. The van der Waals surface area contributed by atoms with Crippen molar-refractivity contribution >= 4 is 0 Å². The first-order valence-electron chi connectivity index (χ1n) is 7.81. The summed E-state index contributed by atoms with van der Waals surface area (Å²) in [5.74, 6) is 6.37. The summed E-state index contributed by atoms with van der Waals surface area (Å²) in [5.41, 5.74) is 0. The minimum Gasteiger partial charge on any atom is -0.344 e. The van der Waals surface area contributed by atoms with E-state index in [1.54, 1.807) is 12.8 Å². The summed E-state index contributed by atoms with van der Waals surface area (Å²) < 4.78 is 0. The summed E-state index contributed by atoms with van der Waals surface area (Å²) >= 11 is 0. The fourth-order valence-corrected chi connectivity index (χ4v) is 5.00. The van der Waals surface area contributed by atoms with Gasteiger partial charge < -0.3 is 13.3 Å². The van der Waals surface area contributed by atoms with E-state index in [0.717, 1.165) is 41.9 Å². The van der Waals surface area contributed by atoms with Gasteiger partial charge in [-0.15, -0.1) is 0 Å². The van der Waals surface area contributed by atoms with Gasteiger partial charge in [0.1, 0.15) is 0 Å². The maximum absolute atomic E-state index is 3.49. The Balaban J connectivity index is 0.000000372. The molecule has 0 amide bonds. The van der Waals surface area contributed by atoms with Gasteiger partial charge in [0.05, 0.1) is 0 Å². The van der Waals surface area contributed by atoms with Crippen LogP contribution in [0.25, 0.3) is 0 Å². The van der Waals surface area contributed by atoms with Crippen LogP contribution in [0.3, 0.4) is 0 Å². The van der Waals surface area contributed by atoms with Crippen LogP contribution >= 0.6 is 0 Å². The van der Waals surface area contributed by atoms with Crippen LogP contribution in [0.15, 0.2) is 0 Å². The van der Waals surface area contributed by atoms with Gasteiger partial charge in [-0.1, -0.05) is 39.0 Å². The van der Waals surface area contributed by atoms with E-state index in [0.29, 0.717) is 0 Å². The number of hydrogen-bond acceptors (Lipinski definition) is 0. The third-order valence-electron chi connectivity index (χ3n) is 5.75. The second-order valence-corrected chi connectivity index (χ2v) is 6.56. The van der Waals surface area contributed by atoms with E-state index in [9.17, 15) is 0 Å². The SMILES string of the molecule is CC1C2C[CH-]CC2C(C)C2CCCC12.[CH2-]CC.[Y]. The molecule has 3 rings (SSSR count). The molecule has 103 valence electrons. The molecule has 0 spiro atoms. The van der Waals surface area contributed by atoms with Crippen LogP contribution in [-0.4, -0.2) is 0 Å². The molecular weight excluding hydrogens is 293 g/mol. The molecule has 0 aromatic heterocycles. The van der Waals surface area contributed by atoms with Crippen molar-refractivity contribution in [1.82, 2.24) is 0 Å². The van der Waals surface area contributed by atoms with E-state index >= 15 is 0 Å². The first kappa shape index (κ1) is 17.2. The van der Waals surface area contributed by atoms with Crippen LogP contribution in [0, 0.1) is 48.9 Å². The average Bonchev–Trinajstić information content (AvgIpc) is 2.96. The first-order valence-corrected chi connectivity index (χ1v) is 7.81. The Labute approximate surface area is 140 Å². The minimum absolute atomic E-state index is 0. The van der Waals surface area contributed by atoms with Crippen molar-refractivity contribution in [2.75, 3.05) is 0 Å². The first-order chi connectivity index (χ1) is 8.20. The van der Waals surface area contributed by atoms with Gasteiger partial charge in [-0.2, -0.15) is 19.3 Å². The van der Waals surface area contributed by atoms with Crippen LogP contribution in [0.1, 0.15) is 59.3 Å². The van der Waals surface area contributed by atoms with E-state index in [2.05, 4.69) is 27.2 Å². The van der Waals surface area contributed by atoms with Gasteiger partial charge in [0.2, 0.25) is 0 Å². The molecular formula is C17H30Y-2. The zero-order valence-electron chi connectivity index (χ0n) is 12.6. The van der Waals surface area contributed by atoms with Crippen LogP contribution in [0.2, 0.25) is 0 Å². The molecule has 1 heteroatoms. The van der Waals surface area contributed by atoms with Crippen molar-refractivity contribution in [3.63, 3.8) is 0 Å². The van der Waals surface area contributed by atoms with Crippen LogP contribution < -0.4 is 0 Å². The van der Waals surface area contributed by atoms with Crippen molar-refractivity contribution < 1.29 is 32.7 Å². The standard InChI is InChI=1S/C14H23.C3H7.Y/c1-9-11-5-3-7-13(11)10(2)14-8-4-6-12(9)14;1-3-2;/h3,9-14H,4-8H2,1-2H3;1,3H2,2H3;/q2*-1;. The van der Waals surface area contributed by atoms with Crippen molar-refractivity contribution in [3.8, 4) is 0 Å². The van der Waals surface area contributed by atoms with Crippen molar-refractivity contribution in [2.24, 2.45) is 35.5 Å². The van der Waals surface area contributed by atoms with Gasteiger partial charge in [0, 0.05) is 32.7 Å². The molecule has 3 fully saturated rings. The molecule has 0 saturated heterocycles. The Morgan fingerprint density at radius 1 is 0.944 bits per heavy atom. The third kappa shape index (κ3) is 3.22. The van der Waals surface area contributed by atoms with Crippen LogP contribution in [-0.2, 0) is 32.7 Å². The molecule has 18 heavy (non-hydrogen) atoms. The van der Waals surface area contributed by atoms with E-state index in [-0.39, 0.29) is 32.7 Å². The van der Waals surface area contributed by atoms with Crippen LogP contribution in [0.5, 0.6) is 0 Å². The maximum atomic E-state index is 3.49. The summed E-state index contributed by atoms with van der Waals surface area (Å²) in [6.45, 7) is 10.6. The fraction of sp³-hybridized carbons (Fsp3) is 0.882.